The number of hydrogen-bond donors (Lipinski definition) is 1. The number of hydrazine groups is 1. The van der Waals surface area contributed by atoms with Gasteiger partial charge in [0.15, 0.2) is 16.1 Å². The van der Waals surface area contributed by atoms with E-state index in [1.165, 1.54) is 29.3 Å². The van der Waals surface area contributed by atoms with Crippen molar-refractivity contribution in [2.24, 2.45) is 5.84 Å². The van der Waals surface area contributed by atoms with Gasteiger partial charge in [-0.15, -0.1) is 0 Å². The molecule has 0 aliphatic heterocycles. The van der Waals surface area contributed by atoms with E-state index in [1.54, 1.807) is 24.3 Å². The second-order valence-corrected chi connectivity index (χ2v) is 8.79. The number of aldehydes is 1. The normalized spacial score (nSPS) is 11.7. The molecule has 7 heteroatoms. The number of sulfone groups is 1. The number of allylic oxidation sites excluding steroid dienone is 1. The first kappa shape index (κ1) is 25.0. The fraction of sp³-hybridized carbons (Fsp3) is 0.160. The van der Waals surface area contributed by atoms with E-state index in [1.807, 2.05) is 44.2 Å². The molecule has 0 aromatic heterocycles. The molecule has 0 saturated carbocycles. The first-order valence-corrected chi connectivity index (χ1v) is 12.0. The van der Waals surface area contributed by atoms with Crippen LogP contribution in [0.2, 0.25) is 0 Å². The zero-order valence-corrected chi connectivity index (χ0v) is 19.1. The molecule has 0 amide bonds. The highest BCUT2D eigenvalue weighted by Crippen LogP contribution is 2.28. The summed E-state index contributed by atoms with van der Waals surface area (Å²) in [6, 6.07) is 21.1. The third-order valence-electron chi connectivity index (χ3n) is 4.65. The van der Waals surface area contributed by atoms with Crippen molar-refractivity contribution in [1.29, 1.82) is 0 Å². The summed E-state index contributed by atoms with van der Waals surface area (Å²) >= 11 is 0. The lowest BCUT2D eigenvalue weighted by molar-refractivity contribution is -0.103. The number of anilines is 1. The number of rotatable bonds is 7. The number of carbonyl (C=O) groups excluding carboxylic acids is 1. The van der Waals surface area contributed by atoms with E-state index in [9.17, 15) is 17.6 Å². The number of benzene rings is 3. The molecule has 0 fully saturated rings. The number of hydrogen-bond acceptors (Lipinski definition) is 5. The van der Waals surface area contributed by atoms with Gasteiger partial charge in [-0.25, -0.2) is 18.7 Å². The van der Waals surface area contributed by atoms with Crippen LogP contribution in [0.4, 0.5) is 10.1 Å². The monoisotopic (exact) mass is 454 g/mol. The third kappa shape index (κ3) is 6.35. The van der Waals surface area contributed by atoms with E-state index in [0.717, 1.165) is 12.5 Å². The molecule has 5 nitrogen and oxygen atoms in total. The van der Waals surface area contributed by atoms with Gasteiger partial charge in [0.25, 0.3) is 0 Å². The number of halogens is 1. The average molecular weight is 455 g/mol. The lowest BCUT2D eigenvalue weighted by atomic mass is 9.95. The molecule has 0 aliphatic carbocycles. The molecule has 2 N–H and O–H groups in total. The molecule has 0 bridgehead atoms. The van der Waals surface area contributed by atoms with Gasteiger partial charge in [0.1, 0.15) is 5.82 Å². The minimum atomic E-state index is -3.35. The van der Waals surface area contributed by atoms with Gasteiger partial charge in [0.05, 0.1) is 17.1 Å². The van der Waals surface area contributed by atoms with Crippen molar-refractivity contribution >= 4 is 33.0 Å². The van der Waals surface area contributed by atoms with Crippen molar-refractivity contribution in [1.82, 2.24) is 0 Å². The van der Waals surface area contributed by atoms with Crippen LogP contribution in [0.1, 0.15) is 25.0 Å². The lowest BCUT2D eigenvalue weighted by Gasteiger charge is -2.22. The van der Waals surface area contributed by atoms with Gasteiger partial charge in [-0.1, -0.05) is 56.3 Å². The van der Waals surface area contributed by atoms with E-state index in [4.69, 9.17) is 5.84 Å². The molecule has 0 unspecified atom stereocenters. The van der Waals surface area contributed by atoms with Crippen molar-refractivity contribution in [2.45, 2.75) is 18.7 Å². The topological polar surface area (TPSA) is 80.5 Å². The molecule has 0 spiro atoms. The highest BCUT2D eigenvalue weighted by Gasteiger charge is 2.16. The molecule has 0 heterocycles. The molecule has 0 aliphatic rings. The summed E-state index contributed by atoms with van der Waals surface area (Å²) in [4.78, 5) is 12.2. The SMILES string of the molecule is CC.CS(=O)(=O)c1ccc(/C(CN(N)c2ccc(F)cc2)=C(/C=O)c2ccccc2)cc1. The van der Waals surface area contributed by atoms with Crippen molar-refractivity contribution < 1.29 is 17.6 Å². The fourth-order valence-electron chi connectivity index (χ4n) is 3.06. The zero-order valence-electron chi connectivity index (χ0n) is 18.3. The Labute approximate surface area is 188 Å². The Bertz CT molecular complexity index is 1160. The molecule has 0 atom stereocenters. The predicted octanol–water partition coefficient (Wildman–Crippen LogP) is 4.75. The average Bonchev–Trinajstić information content (AvgIpc) is 2.81. The predicted molar refractivity (Wildman–Crippen MR) is 128 cm³/mol. The van der Waals surface area contributed by atoms with Gasteiger partial charge >= 0.3 is 0 Å². The van der Waals surface area contributed by atoms with E-state index >= 15 is 0 Å². The molecular formula is C25H27FN2O3S. The number of nitrogens with two attached hydrogens (primary N) is 1. The Balaban J connectivity index is 0.00000176. The van der Waals surface area contributed by atoms with Gasteiger partial charge in [-0.2, -0.15) is 0 Å². The Morgan fingerprint density at radius 1 is 0.906 bits per heavy atom. The number of carbonyl (C=O) groups is 1. The standard InChI is InChI=1S/C23H21FN2O3S.C2H6/c1-30(28,29)21-13-7-18(8-14-21)22(23(16-27)17-5-3-2-4-6-17)15-26(25)20-11-9-19(24)10-12-20;1-2/h2-14,16H,15,25H2,1H3;1-2H3/b23-22-;. The summed E-state index contributed by atoms with van der Waals surface area (Å²) in [5.74, 6) is 5.84. The van der Waals surface area contributed by atoms with E-state index < -0.39 is 9.84 Å². The van der Waals surface area contributed by atoms with Gasteiger partial charge in [-0.05, 0) is 53.1 Å². The smallest absolute Gasteiger partial charge is 0.175 e. The largest absolute Gasteiger partial charge is 0.307 e. The molecule has 32 heavy (non-hydrogen) atoms. The van der Waals surface area contributed by atoms with Crippen LogP contribution < -0.4 is 10.9 Å². The summed E-state index contributed by atoms with van der Waals surface area (Å²) in [7, 11) is -3.35. The highest BCUT2D eigenvalue weighted by molar-refractivity contribution is 7.90. The quantitative estimate of drug-likeness (QED) is 0.183. The van der Waals surface area contributed by atoms with Crippen LogP contribution in [0.15, 0.2) is 83.8 Å². The summed E-state index contributed by atoms with van der Waals surface area (Å²) < 4.78 is 36.8. The van der Waals surface area contributed by atoms with Crippen molar-refractivity contribution in [2.75, 3.05) is 17.8 Å². The van der Waals surface area contributed by atoms with E-state index in [-0.39, 0.29) is 17.3 Å². The van der Waals surface area contributed by atoms with E-state index in [0.29, 0.717) is 28.0 Å². The lowest BCUT2D eigenvalue weighted by Crippen LogP contribution is -2.32. The Morgan fingerprint density at radius 2 is 1.47 bits per heavy atom. The minimum absolute atomic E-state index is 0.146. The van der Waals surface area contributed by atoms with Crippen molar-refractivity contribution in [3.05, 3.63) is 95.8 Å². The molecule has 168 valence electrons. The van der Waals surface area contributed by atoms with Crippen LogP contribution in [0, 0.1) is 5.82 Å². The Morgan fingerprint density at radius 3 is 1.97 bits per heavy atom. The highest BCUT2D eigenvalue weighted by atomic mass is 32.2. The second kappa shape index (κ2) is 11.4. The molecule has 3 aromatic rings. The first-order valence-electron chi connectivity index (χ1n) is 10.1. The summed E-state index contributed by atoms with van der Waals surface area (Å²) in [5.41, 5.74) is 2.98. The maximum atomic E-state index is 13.3. The zero-order chi connectivity index (χ0) is 23.7. The van der Waals surface area contributed by atoms with Crippen LogP contribution >= 0.6 is 0 Å². The van der Waals surface area contributed by atoms with Gasteiger partial charge in [0.2, 0.25) is 0 Å². The van der Waals surface area contributed by atoms with E-state index in [2.05, 4.69) is 0 Å². The summed E-state index contributed by atoms with van der Waals surface area (Å²) in [5, 5.41) is 1.41. The maximum absolute atomic E-state index is 13.3. The van der Waals surface area contributed by atoms with Gasteiger partial charge in [-0.3, -0.25) is 4.79 Å². The third-order valence-corrected chi connectivity index (χ3v) is 5.77. The van der Waals surface area contributed by atoms with Gasteiger partial charge in [0, 0.05) is 11.8 Å². The van der Waals surface area contributed by atoms with Crippen LogP contribution in [-0.4, -0.2) is 27.5 Å². The maximum Gasteiger partial charge on any atom is 0.175 e. The summed E-state index contributed by atoms with van der Waals surface area (Å²) in [6.07, 6.45) is 1.89. The van der Waals surface area contributed by atoms with Crippen molar-refractivity contribution in [3.63, 3.8) is 0 Å². The second-order valence-electron chi connectivity index (χ2n) is 6.78. The van der Waals surface area contributed by atoms with Crippen LogP contribution in [0.3, 0.4) is 0 Å². The van der Waals surface area contributed by atoms with Crippen LogP contribution in [-0.2, 0) is 14.6 Å². The van der Waals surface area contributed by atoms with Crippen LogP contribution in [0.25, 0.3) is 11.1 Å². The minimum Gasteiger partial charge on any atom is -0.307 e. The van der Waals surface area contributed by atoms with Gasteiger partial charge < -0.3 is 5.01 Å². The summed E-state index contributed by atoms with van der Waals surface area (Å²) in [6.45, 7) is 4.15. The number of nitrogens with zero attached hydrogens (tertiary/aromatic N) is 1. The molecule has 0 radical (unpaired) electrons. The fourth-order valence-corrected chi connectivity index (χ4v) is 3.69. The van der Waals surface area contributed by atoms with Crippen molar-refractivity contribution in [3.8, 4) is 0 Å². The molecular weight excluding hydrogens is 427 g/mol. The molecule has 3 aromatic carbocycles. The first-order chi connectivity index (χ1) is 15.3. The molecule has 3 rings (SSSR count). The molecule has 0 saturated heterocycles. The Hall–Kier alpha value is -3.29. The van der Waals surface area contributed by atoms with Crippen LogP contribution in [0.5, 0.6) is 0 Å². The Kier molecular flexibility index (Phi) is 8.87.